The van der Waals surface area contributed by atoms with Gasteiger partial charge in [0.15, 0.2) is 0 Å². The molecule has 270 valence electrons. The lowest BCUT2D eigenvalue weighted by Crippen LogP contribution is -2.48. The second kappa shape index (κ2) is 17.3. The molecular formula is C36H44F3N5O6. The SMILES string of the molecule is C[C@@H]1CCCCO[C@@H](CN(C)C(=O)Nc2ccc(C(F)(F)F)cc2)[C@H](C)CN([C@H](C)CO)C(=O)c2cc(NC(=O)c3ccncc3)ccc2O1. The molecule has 1 aromatic heterocycles. The van der Waals surface area contributed by atoms with Crippen molar-refractivity contribution in [1.29, 1.82) is 0 Å². The second-order valence-corrected chi connectivity index (χ2v) is 12.6. The van der Waals surface area contributed by atoms with Gasteiger partial charge in [0, 0.05) is 62.0 Å². The topological polar surface area (TPSA) is 133 Å². The van der Waals surface area contributed by atoms with Gasteiger partial charge in [-0.3, -0.25) is 14.6 Å². The van der Waals surface area contributed by atoms with Crippen LogP contribution in [0.1, 0.15) is 66.3 Å². The van der Waals surface area contributed by atoms with Crippen molar-refractivity contribution in [3.63, 3.8) is 0 Å². The number of aromatic nitrogens is 1. The number of carbonyl (C=O) groups is 3. The fourth-order valence-corrected chi connectivity index (χ4v) is 5.48. The molecule has 2 heterocycles. The summed E-state index contributed by atoms with van der Waals surface area (Å²) < 4.78 is 51.5. The number of aliphatic hydroxyl groups excluding tert-OH is 1. The highest BCUT2D eigenvalue weighted by Crippen LogP contribution is 2.31. The van der Waals surface area contributed by atoms with Crippen LogP contribution in [0.2, 0.25) is 0 Å². The summed E-state index contributed by atoms with van der Waals surface area (Å²) in [7, 11) is 1.55. The molecule has 4 rings (SSSR count). The molecule has 0 fully saturated rings. The van der Waals surface area contributed by atoms with Gasteiger partial charge in [0.1, 0.15) is 5.75 Å². The van der Waals surface area contributed by atoms with Gasteiger partial charge < -0.3 is 35.0 Å². The first-order chi connectivity index (χ1) is 23.8. The van der Waals surface area contributed by atoms with E-state index in [0.717, 1.165) is 18.6 Å². The fourth-order valence-electron chi connectivity index (χ4n) is 5.48. The van der Waals surface area contributed by atoms with Crippen LogP contribution in [0.4, 0.5) is 29.3 Å². The van der Waals surface area contributed by atoms with E-state index >= 15 is 0 Å². The zero-order chi connectivity index (χ0) is 36.4. The van der Waals surface area contributed by atoms with Crippen LogP contribution in [0.5, 0.6) is 5.75 Å². The monoisotopic (exact) mass is 699 g/mol. The maximum absolute atomic E-state index is 14.3. The first-order valence-corrected chi connectivity index (χ1v) is 16.5. The molecule has 0 radical (unpaired) electrons. The number of fused-ring (bicyclic) bond motifs is 1. The predicted octanol–water partition coefficient (Wildman–Crippen LogP) is 6.31. The van der Waals surface area contributed by atoms with E-state index in [0.29, 0.717) is 36.4 Å². The molecule has 50 heavy (non-hydrogen) atoms. The number of urea groups is 1. The minimum atomic E-state index is -4.49. The van der Waals surface area contributed by atoms with Gasteiger partial charge in [-0.15, -0.1) is 0 Å². The lowest BCUT2D eigenvalue weighted by molar-refractivity contribution is -0.137. The number of nitrogens with zero attached hydrogens (tertiary/aromatic N) is 3. The third-order valence-corrected chi connectivity index (χ3v) is 8.52. The van der Waals surface area contributed by atoms with Crippen LogP contribution in [-0.2, 0) is 10.9 Å². The van der Waals surface area contributed by atoms with Crippen LogP contribution in [0.15, 0.2) is 67.0 Å². The molecule has 4 atom stereocenters. The number of aliphatic hydroxyl groups is 1. The van der Waals surface area contributed by atoms with Gasteiger partial charge in [-0.05, 0) is 87.7 Å². The van der Waals surface area contributed by atoms with Crippen molar-refractivity contribution in [1.82, 2.24) is 14.8 Å². The summed E-state index contributed by atoms with van der Waals surface area (Å²) in [5.41, 5.74) is 0.359. The van der Waals surface area contributed by atoms with Gasteiger partial charge in [-0.2, -0.15) is 13.2 Å². The summed E-state index contributed by atoms with van der Waals surface area (Å²) in [4.78, 5) is 47.1. The van der Waals surface area contributed by atoms with Gasteiger partial charge in [0.05, 0.1) is 36.0 Å². The normalized spacial score (nSPS) is 19.7. The molecule has 0 spiro atoms. The number of halogens is 3. The largest absolute Gasteiger partial charge is 0.490 e. The number of likely N-dealkylation sites (N-methyl/N-ethyl adjacent to an activating group) is 1. The molecule has 0 bridgehead atoms. The maximum Gasteiger partial charge on any atom is 0.416 e. The Morgan fingerprint density at radius 2 is 1.72 bits per heavy atom. The average Bonchev–Trinajstić information content (AvgIpc) is 3.09. The van der Waals surface area contributed by atoms with Crippen LogP contribution < -0.4 is 15.4 Å². The average molecular weight is 700 g/mol. The first-order valence-electron chi connectivity index (χ1n) is 16.5. The highest BCUT2D eigenvalue weighted by atomic mass is 19.4. The fraction of sp³-hybridized carbons (Fsp3) is 0.444. The molecule has 1 aliphatic rings. The number of hydrogen-bond acceptors (Lipinski definition) is 7. The number of rotatable bonds is 7. The quantitative estimate of drug-likeness (QED) is 0.263. The van der Waals surface area contributed by atoms with E-state index in [9.17, 15) is 32.7 Å². The molecule has 0 unspecified atom stereocenters. The second-order valence-electron chi connectivity index (χ2n) is 12.6. The van der Waals surface area contributed by atoms with Gasteiger partial charge in [-0.1, -0.05) is 6.92 Å². The molecule has 2 aromatic carbocycles. The standard InChI is InChI=1S/C36H44F3N5O6/c1-23-20-44(24(2)22-45)34(47)30-19-29(41-33(46)26-14-16-40-17-15-26)12-13-31(30)50-25(3)7-5-6-18-49-32(23)21-43(4)35(48)42-28-10-8-27(9-11-28)36(37,38)39/h8-17,19,23-25,32,45H,5-7,18,20-22H2,1-4H3,(H,41,46)(H,42,48)/t23-,24-,25-,32+/m1/s1. The number of benzene rings is 2. The molecule has 0 saturated carbocycles. The summed E-state index contributed by atoms with van der Waals surface area (Å²) in [5.74, 6) is -0.799. The zero-order valence-electron chi connectivity index (χ0n) is 28.6. The lowest BCUT2D eigenvalue weighted by atomic mass is 10.0. The molecule has 1 aliphatic heterocycles. The van der Waals surface area contributed by atoms with Gasteiger partial charge >= 0.3 is 12.2 Å². The number of alkyl halides is 3. The Morgan fingerprint density at radius 1 is 1.04 bits per heavy atom. The predicted molar refractivity (Wildman–Crippen MR) is 182 cm³/mol. The Balaban J connectivity index is 1.57. The van der Waals surface area contributed by atoms with Crippen molar-refractivity contribution in [2.45, 2.75) is 64.5 Å². The van der Waals surface area contributed by atoms with Crippen LogP contribution >= 0.6 is 0 Å². The third-order valence-electron chi connectivity index (χ3n) is 8.52. The maximum atomic E-state index is 14.3. The Hall–Kier alpha value is -4.69. The molecule has 14 heteroatoms. The lowest BCUT2D eigenvalue weighted by Gasteiger charge is -2.35. The molecule has 3 aromatic rings. The number of carbonyl (C=O) groups excluding carboxylic acids is 3. The van der Waals surface area contributed by atoms with E-state index < -0.39 is 35.8 Å². The molecule has 0 saturated heterocycles. The molecular weight excluding hydrogens is 655 g/mol. The Bertz CT molecular complexity index is 1590. The summed E-state index contributed by atoms with van der Waals surface area (Å²) in [6.07, 6.45) is -0.122. The van der Waals surface area contributed by atoms with E-state index in [1.807, 2.05) is 13.8 Å². The molecule has 0 aliphatic carbocycles. The Labute approximate surface area is 289 Å². The van der Waals surface area contributed by atoms with Crippen molar-refractivity contribution < 1.29 is 42.1 Å². The number of pyridine rings is 1. The van der Waals surface area contributed by atoms with Crippen LogP contribution in [-0.4, -0.2) is 89.3 Å². The first kappa shape index (κ1) is 38.1. The van der Waals surface area contributed by atoms with Crippen molar-refractivity contribution in [3.05, 3.63) is 83.7 Å². The van der Waals surface area contributed by atoms with Gasteiger partial charge in [0.2, 0.25) is 0 Å². The number of hydrogen-bond donors (Lipinski definition) is 3. The van der Waals surface area contributed by atoms with Crippen LogP contribution in [0.3, 0.4) is 0 Å². The van der Waals surface area contributed by atoms with Crippen molar-refractivity contribution in [2.24, 2.45) is 5.92 Å². The number of amides is 4. The highest BCUT2D eigenvalue weighted by Gasteiger charge is 2.32. The highest BCUT2D eigenvalue weighted by molar-refractivity contribution is 6.05. The van der Waals surface area contributed by atoms with E-state index in [2.05, 4.69) is 15.6 Å². The number of ether oxygens (including phenoxy) is 2. The van der Waals surface area contributed by atoms with Crippen LogP contribution in [0, 0.1) is 5.92 Å². The summed E-state index contributed by atoms with van der Waals surface area (Å²) >= 11 is 0. The molecule has 3 N–H and O–H groups in total. The van der Waals surface area contributed by atoms with E-state index in [1.54, 1.807) is 44.3 Å². The van der Waals surface area contributed by atoms with Crippen molar-refractivity contribution >= 4 is 29.2 Å². The number of anilines is 2. The minimum Gasteiger partial charge on any atom is -0.490 e. The zero-order valence-corrected chi connectivity index (χ0v) is 28.6. The Morgan fingerprint density at radius 3 is 2.38 bits per heavy atom. The Kier molecular flexibility index (Phi) is 13.2. The smallest absolute Gasteiger partial charge is 0.416 e. The summed E-state index contributed by atoms with van der Waals surface area (Å²) in [6, 6.07) is 11.0. The van der Waals surface area contributed by atoms with E-state index in [-0.39, 0.29) is 48.9 Å². The minimum absolute atomic E-state index is 0.116. The van der Waals surface area contributed by atoms with Crippen molar-refractivity contribution in [2.75, 3.05) is 44.0 Å². The summed E-state index contributed by atoms with van der Waals surface area (Å²) in [5, 5.41) is 15.6. The molecule has 4 amide bonds. The molecule has 11 nitrogen and oxygen atoms in total. The summed E-state index contributed by atoms with van der Waals surface area (Å²) in [6.45, 7) is 5.82. The van der Waals surface area contributed by atoms with Crippen LogP contribution in [0.25, 0.3) is 0 Å². The van der Waals surface area contributed by atoms with Gasteiger partial charge in [0.25, 0.3) is 11.8 Å². The van der Waals surface area contributed by atoms with Crippen molar-refractivity contribution in [3.8, 4) is 5.75 Å². The van der Waals surface area contributed by atoms with Gasteiger partial charge in [-0.25, -0.2) is 4.79 Å². The number of nitrogens with one attached hydrogen (secondary N) is 2. The van der Waals surface area contributed by atoms with E-state index in [4.69, 9.17) is 9.47 Å². The van der Waals surface area contributed by atoms with E-state index in [1.165, 1.54) is 34.3 Å². The third kappa shape index (κ3) is 10.4.